The molecule has 1 heterocycles. The third-order valence-electron chi connectivity index (χ3n) is 3.64. The Bertz CT molecular complexity index is 960. The van der Waals surface area contributed by atoms with E-state index in [9.17, 15) is 14.0 Å². The maximum atomic E-state index is 12.9. The Labute approximate surface area is 164 Å². The first-order valence-corrected chi connectivity index (χ1v) is 8.92. The van der Waals surface area contributed by atoms with Crippen LogP contribution in [-0.4, -0.2) is 30.7 Å². The molecule has 2 aromatic rings. The number of carbonyl (C=O) groups is 2. The van der Waals surface area contributed by atoms with Crippen LogP contribution in [-0.2, 0) is 9.59 Å². The minimum Gasteiger partial charge on any atom is -0.493 e. The van der Waals surface area contributed by atoms with Gasteiger partial charge in [0.1, 0.15) is 5.82 Å². The summed E-state index contributed by atoms with van der Waals surface area (Å²) in [5.41, 5.74) is 1.15. The average molecular weight is 401 g/mol. The lowest BCUT2D eigenvalue weighted by molar-refractivity contribution is -0.118. The first-order valence-electron chi connectivity index (χ1n) is 8.10. The lowest BCUT2D eigenvalue weighted by Gasteiger charge is -2.11. The third kappa shape index (κ3) is 4.89. The van der Waals surface area contributed by atoms with Gasteiger partial charge in [0.05, 0.1) is 12.0 Å². The Kier molecular flexibility index (Phi) is 5.95. The van der Waals surface area contributed by atoms with E-state index < -0.39 is 5.91 Å². The van der Waals surface area contributed by atoms with Crippen LogP contribution in [0.4, 0.5) is 10.1 Å². The lowest BCUT2D eigenvalue weighted by atomic mass is 10.2. The third-order valence-corrected chi connectivity index (χ3v) is 4.46. The number of methoxy groups -OCH3 is 1. The van der Waals surface area contributed by atoms with Gasteiger partial charge in [-0.05, 0) is 59.8 Å². The van der Waals surface area contributed by atoms with E-state index in [-0.39, 0.29) is 23.5 Å². The molecule has 0 spiro atoms. The normalized spacial score (nSPS) is 14.7. The molecule has 2 amide bonds. The van der Waals surface area contributed by atoms with E-state index in [1.807, 2.05) is 0 Å². The summed E-state index contributed by atoms with van der Waals surface area (Å²) in [6.45, 7) is -0.260. The largest absolute Gasteiger partial charge is 0.493 e. The Morgan fingerprint density at radius 2 is 2.00 bits per heavy atom. The molecule has 144 valence electrons. The molecule has 3 N–H and O–H groups in total. The number of hydrogen-bond donors (Lipinski definition) is 3. The zero-order valence-electron chi connectivity index (χ0n) is 14.7. The fourth-order valence-electron chi connectivity index (χ4n) is 2.36. The van der Waals surface area contributed by atoms with Crippen LogP contribution in [0.2, 0.25) is 0 Å². The maximum absolute atomic E-state index is 12.9. The van der Waals surface area contributed by atoms with Crippen LogP contribution in [0.15, 0.2) is 47.4 Å². The predicted octanol–water partition coefficient (Wildman–Crippen LogP) is 2.99. The van der Waals surface area contributed by atoms with Crippen molar-refractivity contribution < 1.29 is 23.5 Å². The number of carbonyl (C=O) groups excluding carboxylic acids is 2. The highest BCUT2D eigenvalue weighted by Gasteiger charge is 2.22. The molecule has 1 aliphatic rings. The van der Waals surface area contributed by atoms with Crippen LogP contribution in [0.5, 0.6) is 11.5 Å². The summed E-state index contributed by atoms with van der Waals surface area (Å²) in [5, 5.41) is 12.5. The van der Waals surface area contributed by atoms with Gasteiger partial charge in [-0.25, -0.2) is 4.39 Å². The summed E-state index contributed by atoms with van der Waals surface area (Å²) >= 11 is 1.04. The van der Waals surface area contributed by atoms with E-state index in [4.69, 9.17) is 14.9 Å². The number of rotatable bonds is 6. The van der Waals surface area contributed by atoms with Crippen LogP contribution in [0.25, 0.3) is 6.08 Å². The highest BCUT2D eigenvalue weighted by Crippen LogP contribution is 2.31. The van der Waals surface area contributed by atoms with Gasteiger partial charge in [-0.2, -0.15) is 0 Å². The topological polar surface area (TPSA) is 101 Å². The van der Waals surface area contributed by atoms with Crippen molar-refractivity contribution >= 4 is 40.5 Å². The summed E-state index contributed by atoms with van der Waals surface area (Å²) in [5.74, 6) is -0.374. The zero-order chi connectivity index (χ0) is 20.1. The van der Waals surface area contributed by atoms with E-state index in [2.05, 4.69) is 10.6 Å². The minimum absolute atomic E-state index is 0.0790. The summed E-state index contributed by atoms with van der Waals surface area (Å²) in [7, 11) is 1.46. The Balaban J connectivity index is 1.64. The molecule has 0 bridgehead atoms. The van der Waals surface area contributed by atoms with E-state index in [1.54, 1.807) is 24.3 Å². The first kappa shape index (κ1) is 19.4. The van der Waals surface area contributed by atoms with Gasteiger partial charge >= 0.3 is 0 Å². The quantitative estimate of drug-likeness (QED) is 0.646. The number of amidine groups is 1. The van der Waals surface area contributed by atoms with Gasteiger partial charge in [0.2, 0.25) is 0 Å². The second-order valence-electron chi connectivity index (χ2n) is 5.65. The number of nitrogens with one attached hydrogen (secondary N) is 3. The molecule has 2 aromatic carbocycles. The molecule has 3 rings (SSSR count). The Morgan fingerprint density at radius 3 is 2.64 bits per heavy atom. The van der Waals surface area contributed by atoms with Crippen LogP contribution < -0.4 is 20.1 Å². The molecule has 9 heteroatoms. The van der Waals surface area contributed by atoms with Crippen LogP contribution in [0.3, 0.4) is 0 Å². The van der Waals surface area contributed by atoms with E-state index in [0.717, 1.165) is 11.8 Å². The van der Waals surface area contributed by atoms with Crippen LogP contribution >= 0.6 is 11.8 Å². The number of halogens is 1. The fourth-order valence-corrected chi connectivity index (χ4v) is 3.06. The molecule has 1 saturated heterocycles. The second-order valence-corrected chi connectivity index (χ2v) is 6.70. The van der Waals surface area contributed by atoms with Crippen molar-refractivity contribution in [2.24, 2.45) is 0 Å². The maximum Gasteiger partial charge on any atom is 0.264 e. The van der Waals surface area contributed by atoms with E-state index in [1.165, 1.54) is 31.4 Å². The van der Waals surface area contributed by atoms with Gasteiger partial charge in [-0.3, -0.25) is 15.0 Å². The molecule has 1 fully saturated rings. The van der Waals surface area contributed by atoms with Crippen molar-refractivity contribution in [3.63, 3.8) is 0 Å². The van der Waals surface area contributed by atoms with Crippen molar-refractivity contribution in [1.82, 2.24) is 5.32 Å². The minimum atomic E-state index is -0.405. The number of anilines is 1. The number of ether oxygens (including phenoxy) is 2. The Hall–Kier alpha value is -3.33. The van der Waals surface area contributed by atoms with Gasteiger partial charge in [-0.1, -0.05) is 6.07 Å². The molecule has 0 saturated carbocycles. The summed E-state index contributed by atoms with van der Waals surface area (Å²) < 4.78 is 23.7. The predicted molar refractivity (Wildman–Crippen MR) is 105 cm³/mol. The van der Waals surface area contributed by atoms with E-state index in [0.29, 0.717) is 27.7 Å². The molecule has 0 radical (unpaired) electrons. The molecule has 0 unspecified atom stereocenters. The average Bonchev–Trinajstić information content (AvgIpc) is 2.99. The molecule has 0 aliphatic carbocycles. The first-order chi connectivity index (χ1) is 13.4. The Morgan fingerprint density at radius 1 is 1.25 bits per heavy atom. The highest BCUT2D eigenvalue weighted by atomic mass is 32.2. The van der Waals surface area contributed by atoms with Gasteiger partial charge in [-0.15, -0.1) is 0 Å². The molecule has 0 aromatic heterocycles. The lowest BCUT2D eigenvalue weighted by Crippen LogP contribution is -2.20. The molecule has 7 nitrogen and oxygen atoms in total. The van der Waals surface area contributed by atoms with Crippen molar-refractivity contribution in [2.45, 2.75) is 0 Å². The van der Waals surface area contributed by atoms with Crippen molar-refractivity contribution in [3.8, 4) is 11.5 Å². The van der Waals surface area contributed by atoms with Crippen molar-refractivity contribution in [1.29, 1.82) is 5.41 Å². The number of thioether (sulfide) groups is 1. The molecule has 28 heavy (non-hydrogen) atoms. The van der Waals surface area contributed by atoms with Gasteiger partial charge in [0, 0.05) is 5.69 Å². The molecular formula is C19H16FN3O4S. The number of amides is 2. The van der Waals surface area contributed by atoms with Crippen molar-refractivity contribution in [2.75, 3.05) is 19.0 Å². The summed E-state index contributed by atoms with van der Waals surface area (Å²) in [4.78, 5) is 24.1. The van der Waals surface area contributed by atoms with Crippen molar-refractivity contribution in [3.05, 3.63) is 58.8 Å². The number of benzene rings is 2. The monoisotopic (exact) mass is 401 g/mol. The molecule has 0 atom stereocenters. The molecule has 1 aliphatic heterocycles. The fraction of sp³-hybridized carbons (Fsp3) is 0.105. The van der Waals surface area contributed by atoms with Gasteiger partial charge in [0.25, 0.3) is 11.8 Å². The smallest absolute Gasteiger partial charge is 0.264 e. The van der Waals surface area contributed by atoms with Crippen LogP contribution in [0.1, 0.15) is 5.56 Å². The highest BCUT2D eigenvalue weighted by molar-refractivity contribution is 8.18. The standard InChI is InChI=1S/C19H16FN3O4S/c1-26-15-8-11(9-16-18(25)23-19(21)28-16)2-7-14(15)27-10-17(24)22-13-5-3-12(20)4-6-13/h2-9H,10H2,1H3,(H,22,24)(H2,21,23,25)/b16-9-. The van der Waals surface area contributed by atoms with Gasteiger partial charge in [0.15, 0.2) is 23.3 Å². The second kappa shape index (κ2) is 8.57. The SMILES string of the molecule is COc1cc(/C=C2\SC(=N)NC2=O)ccc1OCC(=O)Nc1ccc(F)cc1. The summed E-state index contributed by atoms with van der Waals surface area (Å²) in [6.07, 6.45) is 1.63. The summed E-state index contributed by atoms with van der Waals surface area (Å²) in [6, 6.07) is 10.4. The zero-order valence-corrected chi connectivity index (χ0v) is 15.6. The van der Waals surface area contributed by atoms with Crippen LogP contribution in [0, 0.1) is 11.2 Å². The van der Waals surface area contributed by atoms with E-state index >= 15 is 0 Å². The number of hydrogen-bond acceptors (Lipinski definition) is 6. The molecular weight excluding hydrogens is 385 g/mol. The van der Waals surface area contributed by atoms with Gasteiger partial charge < -0.3 is 20.1 Å².